The van der Waals surface area contributed by atoms with Crippen molar-refractivity contribution in [2.75, 3.05) is 20.1 Å². The van der Waals surface area contributed by atoms with Gasteiger partial charge < -0.3 is 10.2 Å². The van der Waals surface area contributed by atoms with Crippen LogP contribution in [0.25, 0.3) is 0 Å². The minimum atomic E-state index is 0.876. The molecule has 0 aliphatic carbocycles. The van der Waals surface area contributed by atoms with Gasteiger partial charge in [-0.1, -0.05) is 13.3 Å². The summed E-state index contributed by atoms with van der Waals surface area (Å²) in [6.07, 6.45) is 3.96. The minimum Gasteiger partial charge on any atom is -0.366 e. The molecule has 1 fully saturated rings. The number of hydrogen-bond donors (Lipinski definition) is 1. The van der Waals surface area contributed by atoms with Crippen molar-refractivity contribution in [3.05, 3.63) is 0 Å². The monoisotopic (exact) mass is 186 g/mol. The van der Waals surface area contributed by atoms with Crippen molar-refractivity contribution in [3.8, 4) is 0 Å². The second-order valence-electron chi connectivity index (χ2n) is 3.44. The van der Waals surface area contributed by atoms with E-state index in [9.17, 15) is 0 Å². The lowest BCUT2D eigenvalue weighted by Crippen LogP contribution is -2.35. The van der Waals surface area contributed by atoms with Crippen molar-refractivity contribution in [1.29, 1.82) is 0 Å². The quantitative estimate of drug-likeness (QED) is 0.660. The highest BCUT2D eigenvalue weighted by Crippen LogP contribution is 2.20. The zero-order valence-corrected chi connectivity index (χ0v) is 8.78. The van der Waals surface area contributed by atoms with Crippen molar-refractivity contribution >= 4 is 17.3 Å². The molecule has 0 saturated carbocycles. The topological polar surface area (TPSA) is 15.3 Å². The maximum absolute atomic E-state index is 5.17. The average Bonchev–Trinajstić information content (AvgIpc) is 2.52. The molecule has 2 nitrogen and oxygen atoms in total. The third kappa shape index (κ3) is 2.34. The van der Waals surface area contributed by atoms with Gasteiger partial charge in [0.05, 0.1) is 0 Å². The van der Waals surface area contributed by atoms with Gasteiger partial charge in [0.15, 0.2) is 5.11 Å². The van der Waals surface area contributed by atoms with Crippen LogP contribution in [0.2, 0.25) is 0 Å². The van der Waals surface area contributed by atoms with E-state index in [1.54, 1.807) is 0 Å². The number of rotatable bonds is 2. The normalized spacial score (nSPS) is 22.8. The van der Waals surface area contributed by atoms with Gasteiger partial charge in [-0.2, -0.15) is 0 Å². The molecule has 0 bridgehead atoms. The summed E-state index contributed by atoms with van der Waals surface area (Å²) in [5, 5.41) is 3.94. The zero-order chi connectivity index (χ0) is 8.97. The van der Waals surface area contributed by atoms with Crippen molar-refractivity contribution in [2.24, 2.45) is 5.92 Å². The van der Waals surface area contributed by atoms with Crippen LogP contribution in [-0.4, -0.2) is 30.1 Å². The molecule has 0 amide bonds. The van der Waals surface area contributed by atoms with E-state index in [0.717, 1.165) is 24.1 Å². The zero-order valence-electron chi connectivity index (χ0n) is 7.97. The summed E-state index contributed by atoms with van der Waals surface area (Å²) in [7, 11) is 1.90. The Labute approximate surface area is 80.3 Å². The van der Waals surface area contributed by atoms with E-state index in [4.69, 9.17) is 12.2 Å². The molecule has 1 saturated heterocycles. The van der Waals surface area contributed by atoms with Gasteiger partial charge >= 0.3 is 0 Å². The maximum atomic E-state index is 5.17. The third-order valence-corrected chi connectivity index (χ3v) is 2.95. The van der Waals surface area contributed by atoms with E-state index in [1.165, 1.54) is 19.3 Å². The molecule has 1 unspecified atom stereocenters. The molecule has 3 heteroatoms. The standard InChI is InChI=1S/C9H18N2S/c1-3-4-8-5-6-11(7-8)9(12)10-2/h8H,3-7H2,1-2H3,(H,10,12). The predicted molar refractivity (Wildman–Crippen MR) is 56.2 cm³/mol. The van der Waals surface area contributed by atoms with Crippen LogP contribution in [0.4, 0.5) is 0 Å². The van der Waals surface area contributed by atoms with Crippen LogP contribution in [-0.2, 0) is 0 Å². The molecule has 1 heterocycles. The number of nitrogens with one attached hydrogen (secondary N) is 1. The molecule has 1 atom stereocenters. The van der Waals surface area contributed by atoms with Crippen molar-refractivity contribution in [1.82, 2.24) is 10.2 Å². The van der Waals surface area contributed by atoms with Crippen LogP contribution in [0.3, 0.4) is 0 Å². The van der Waals surface area contributed by atoms with Gasteiger partial charge in [-0.25, -0.2) is 0 Å². The Balaban J connectivity index is 2.30. The number of likely N-dealkylation sites (tertiary alicyclic amines) is 1. The Morgan fingerprint density at radius 3 is 3.00 bits per heavy atom. The SMILES string of the molecule is CCCC1CCN(C(=S)NC)C1. The van der Waals surface area contributed by atoms with E-state index in [1.807, 2.05) is 7.05 Å². The lowest BCUT2D eigenvalue weighted by atomic mass is 10.0. The molecule has 1 aliphatic heterocycles. The molecule has 0 aromatic rings. The average molecular weight is 186 g/mol. The van der Waals surface area contributed by atoms with Gasteiger partial charge in [0, 0.05) is 20.1 Å². The largest absolute Gasteiger partial charge is 0.366 e. The van der Waals surface area contributed by atoms with Crippen LogP contribution >= 0.6 is 12.2 Å². The molecular formula is C9H18N2S. The summed E-state index contributed by atoms with van der Waals surface area (Å²) in [5.41, 5.74) is 0. The molecule has 1 rings (SSSR count). The van der Waals surface area contributed by atoms with Crippen molar-refractivity contribution in [3.63, 3.8) is 0 Å². The van der Waals surface area contributed by atoms with Gasteiger partial charge in [-0.15, -0.1) is 0 Å². The highest BCUT2D eigenvalue weighted by atomic mass is 32.1. The summed E-state index contributed by atoms with van der Waals surface area (Å²) in [6.45, 7) is 4.55. The van der Waals surface area contributed by atoms with E-state index in [2.05, 4.69) is 17.1 Å². The van der Waals surface area contributed by atoms with Crippen molar-refractivity contribution in [2.45, 2.75) is 26.2 Å². The number of nitrogens with zero attached hydrogens (tertiary/aromatic N) is 1. The molecule has 1 N–H and O–H groups in total. The molecule has 0 radical (unpaired) electrons. The highest BCUT2D eigenvalue weighted by Gasteiger charge is 2.22. The van der Waals surface area contributed by atoms with Crippen LogP contribution in [0.5, 0.6) is 0 Å². The first-order valence-corrected chi connectivity index (χ1v) is 5.15. The van der Waals surface area contributed by atoms with Gasteiger partial charge in [-0.05, 0) is 31.0 Å². The fourth-order valence-electron chi connectivity index (χ4n) is 1.82. The number of thiocarbonyl (C=S) groups is 1. The first-order valence-electron chi connectivity index (χ1n) is 4.74. The Bertz CT molecular complexity index is 159. The Morgan fingerprint density at radius 2 is 2.42 bits per heavy atom. The molecule has 0 aromatic heterocycles. The van der Waals surface area contributed by atoms with E-state index >= 15 is 0 Å². The second kappa shape index (κ2) is 4.65. The summed E-state index contributed by atoms with van der Waals surface area (Å²) < 4.78 is 0. The second-order valence-corrected chi connectivity index (χ2v) is 3.83. The summed E-state index contributed by atoms with van der Waals surface area (Å²) in [4.78, 5) is 2.27. The Morgan fingerprint density at radius 1 is 1.67 bits per heavy atom. The summed E-state index contributed by atoms with van der Waals surface area (Å²) >= 11 is 5.17. The molecular weight excluding hydrogens is 168 g/mol. The fourth-order valence-corrected chi connectivity index (χ4v) is 1.98. The van der Waals surface area contributed by atoms with Gasteiger partial charge in [-0.3, -0.25) is 0 Å². The van der Waals surface area contributed by atoms with Crippen LogP contribution in [0.15, 0.2) is 0 Å². The molecule has 70 valence electrons. The lowest BCUT2D eigenvalue weighted by molar-refractivity contribution is 0.455. The molecule has 12 heavy (non-hydrogen) atoms. The van der Waals surface area contributed by atoms with Crippen LogP contribution < -0.4 is 5.32 Å². The smallest absolute Gasteiger partial charge is 0.168 e. The summed E-state index contributed by atoms with van der Waals surface area (Å²) in [6, 6.07) is 0. The van der Waals surface area contributed by atoms with Crippen LogP contribution in [0.1, 0.15) is 26.2 Å². The highest BCUT2D eigenvalue weighted by molar-refractivity contribution is 7.80. The van der Waals surface area contributed by atoms with Crippen molar-refractivity contribution < 1.29 is 0 Å². The lowest BCUT2D eigenvalue weighted by Gasteiger charge is -2.18. The third-order valence-electron chi connectivity index (χ3n) is 2.48. The Hall–Kier alpha value is -0.310. The maximum Gasteiger partial charge on any atom is 0.168 e. The van der Waals surface area contributed by atoms with E-state index in [0.29, 0.717) is 0 Å². The minimum absolute atomic E-state index is 0.876. The molecule has 0 spiro atoms. The van der Waals surface area contributed by atoms with E-state index < -0.39 is 0 Å². The van der Waals surface area contributed by atoms with Gasteiger partial charge in [0.25, 0.3) is 0 Å². The van der Waals surface area contributed by atoms with Gasteiger partial charge in [0.2, 0.25) is 0 Å². The van der Waals surface area contributed by atoms with Gasteiger partial charge in [0.1, 0.15) is 0 Å². The fraction of sp³-hybridized carbons (Fsp3) is 0.889. The summed E-state index contributed by atoms with van der Waals surface area (Å²) in [5.74, 6) is 0.876. The number of hydrogen-bond acceptors (Lipinski definition) is 1. The Kier molecular flexibility index (Phi) is 3.79. The van der Waals surface area contributed by atoms with E-state index in [-0.39, 0.29) is 0 Å². The first-order chi connectivity index (χ1) is 5.77. The predicted octanol–water partition coefficient (Wildman–Crippen LogP) is 1.61. The van der Waals surface area contributed by atoms with Crippen LogP contribution in [0, 0.1) is 5.92 Å². The molecule has 1 aliphatic rings. The molecule has 0 aromatic carbocycles. The first kappa shape index (κ1) is 9.78.